The van der Waals surface area contributed by atoms with Crippen LogP contribution in [0.1, 0.15) is 31.0 Å². The van der Waals surface area contributed by atoms with Crippen molar-refractivity contribution < 1.29 is 13.2 Å². The Labute approximate surface area is 189 Å². The molecule has 1 amide bonds. The van der Waals surface area contributed by atoms with E-state index in [9.17, 15) is 18.5 Å². The van der Waals surface area contributed by atoms with Crippen LogP contribution >= 0.6 is 0 Å². The SMILES string of the molecule is CCCCc1ccc(N(CC(=O)N2CCN(c3nccnc3C#N)CC2)S(C)(=O)=O)cc1. The van der Waals surface area contributed by atoms with Gasteiger partial charge >= 0.3 is 0 Å². The number of unbranched alkanes of at least 4 members (excludes halogenated alkanes) is 1. The number of hydrogen-bond donors (Lipinski definition) is 0. The summed E-state index contributed by atoms with van der Waals surface area (Å²) < 4.78 is 26.0. The number of nitrogens with zero attached hydrogens (tertiary/aromatic N) is 6. The van der Waals surface area contributed by atoms with Crippen LogP contribution in [0.5, 0.6) is 0 Å². The van der Waals surface area contributed by atoms with Crippen LogP contribution < -0.4 is 9.21 Å². The highest BCUT2D eigenvalue weighted by atomic mass is 32.2. The standard InChI is InChI=1S/C22H28N6O3S/c1-3-4-5-18-6-8-19(9-7-18)28(32(2,30)31)17-21(29)26-12-14-27(15-13-26)22-20(16-23)24-10-11-25-22/h6-11H,3-5,12-15,17H2,1-2H3. The number of nitriles is 1. The van der Waals surface area contributed by atoms with Crippen molar-refractivity contribution in [1.29, 1.82) is 5.26 Å². The lowest BCUT2D eigenvalue weighted by Crippen LogP contribution is -2.52. The van der Waals surface area contributed by atoms with E-state index in [-0.39, 0.29) is 18.1 Å². The molecule has 1 aliphatic rings. The zero-order valence-electron chi connectivity index (χ0n) is 18.4. The highest BCUT2D eigenvalue weighted by molar-refractivity contribution is 7.92. The minimum atomic E-state index is -3.62. The maximum absolute atomic E-state index is 12.9. The molecule has 0 bridgehead atoms. The molecule has 10 heteroatoms. The number of amides is 1. The number of sulfonamides is 1. The van der Waals surface area contributed by atoms with Gasteiger partial charge in [0.05, 0.1) is 11.9 Å². The second kappa shape index (κ2) is 10.4. The number of rotatable bonds is 8. The molecule has 170 valence electrons. The average molecular weight is 457 g/mol. The molecule has 2 aromatic rings. The number of aryl methyl sites for hydroxylation is 1. The number of benzene rings is 1. The summed E-state index contributed by atoms with van der Waals surface area (Å²) in [6.45, 7) is 3.68. The maximum atomic E-state index is 12.9. The molecule has 1 aliphatic heterocycles. The molecule has 2 heterocycles. The summed E-state index contributed by atoms with van der Waals surface area (Å²) in [6, 6.07) is 9.38. The molecule has 0 atom stereocenters. The predicted molar refractivity (Wildman–Crippen MR) is 123 cm³/mol. The maximum Gasteiger partial charge on any atom is 0.243 e. The number of hydrogen-bond acceptors (Lipinski definition) is 7. The van der Waals surface area contributed by atoms with Gasteiger partial charge in [-0.1, -0.05) is 25.5 Å². The van der Waals surface area contributed by atoms with Crippen molar-refractivity contribution in [2.75, 3.05) is 48.2 Å². The molecule has 0 spiro atoms. The highest BCUT2D eigenvalue weighted by Gasteiger charge is 2.27. The van der Waals surface area contributed by atoms with Gasteiger partial charge in [-0.3, -0.25) is 9.10 Å². The fourth-order valence-corrected chi connectivity index (χ4v) is 4.49. The zero-order valence-corrected chi connectivity index (χ0v) is 19.3. The van der Waals surface area contributed by atoms with Gasteiger partial charge < -0.3 is 9.80 Å². The van der Waals surface area contributed by atoms with E-state index in [1.54, 1.807) is 17.0 Å². The smallest absolute Gasteiger partial charge is 0.243 e. The van der Waals surface area contributed by atoms with E-state index in [2.05, 4.69) is 16.9 Å². The summed E-state index contributed by atoms with van der Waals surface area (Å²) in [6.07, 6.45) is 7.22. The fraction of sp³-hybridized carbons (Fsp3) is 0.455. The zero-order chi connectivity index (χ0) is 23.1. The third kappa shape index (κ3) is 5.73. The second-order valence-electron chi connectivity index (χ2n) is 7.75. The van der Waals surface area contributed by atoms with Crippen LogP contribution in [-0.4, -0.2) is 68.2 Å². The third-order valence-electron chi connectivity index (χ3n) is 5.44. The predicted octanol–water partition coefficient (Wildman–Crippen LogP) is 1.81. The van der Waals surface area contributed by atoms with Gasteiger partial charge in [-0.15, -0.1) is 0 Å². The molecule has 0 N–H and O–H groups in total. The van der Waals surface area contributed by atoms with Crippen molar-refractivity contribution in [3.8, 4) is 6.07 Å². The second-order valence-corrected chi connectivity index (χ2v) is 9.65. The lowest BCUT2D eigenvalue weighted by Gasteiger charge is -2.36. The fourth-order valence-electron chi connectivity index (χ4n) is 3.64. The quantitative estimate of drug-likeness (QED) is 0.596. The Balaban J connectivity index is 1.66. The number of piperazine rings is 1. The first-order chi connectivity index (χ1) is 15.3. The van der Waals surface area contributed by atoms with Crippen LogP contribution in [0.25, 0.3) is 0 Å². The third-order valence-corrected chi connectivity index (χ3v) is 6.58. The van der Waals surface area contributed by atoms with Gasteiger partial charge in [-0.25, -0.2) is 18.4 Å². The van der Waals surface area contributed by atoms with E-state index in [0.717, 1.165) is 35.4 Å². The van der Waals surface area contributed by atoms with E-state index < -0.39 is 10.0 Å². The van der Waals surface area contributed by atoms with Crippen molar-refractivity contribution in [2.45, 2.75) is 26.2 Å². The molecule has 9 nitrogen and oxygen atoms in total. The lowest BCUT2D eigenvalue weighted by atomic mass is 10.1. The van der Waals surface area contributed by atoms with E-state index in [1.807, 2.05) is 23.1 Å². The Kier molecular flexibility index (Phi) is 7.64. The van der Waals surface area contributed by atoms with Gasteiger partial charge in [0.25, 0.3) is 0 Å². The average Bonchev–Trinajstić information content (AvgIpc) is 2.81. The molecule has 0 aliphatic carbocycles. The van der Waals surface area contributed by atoms with Crippen molar-refractivity contribution in [3.05, 3.63) is 47.9 Å². The molecule has 0 saturated carbocycles. The van der Waals surface area contributed by atoms with Crippen LogP contribution in [-0.2, 0) is 21.2 Å². The Morgan fingerprint density at radius 2 is 1.78 bits per heavy atom. The van der Waals surface area contributed by atoms with E-state index >= 15 is 0 Å². The van der Waals surface area contributed by atoms with E-state index in [4.69, 9.17) is 0 Å². The largest absolute Gasteiger partial charge is 0.351 e. The molecule has 3 rings (SSSR count). The molecule has 0 unspecified atom stereocenters. The summed E-state index contributed by atoms with van der Waals surface area (Å²) in [5.41, 5.74) is 1.88. The van der Waals surface area contributed by atoms with Gasteiger partial charge in [0.15, 0.2) is 11.5 Å². The minimum absolute atomic E-state index is 0.248. The van der Waals surface area contributed by atoms with Crippen LogP contribution in [0.15, 0.2) is 36.7 Å². The van der Waals surface area contributed by atoms with E-state index in [1.165, 1.54) is 12.4 Å². The molecule has 1 fully saturated rings. The first-order valence-corrected chi connectivity index (χ1v) is 12.5. The van der Waals surface area contributed by atoms with Gasteiger partial charge in [-0.05, 0) is 30.5 Å². The van der Waals surface area contributed by atoms with Gasteiger partial charge in [-0.2, -0.15) is 5.26 Å². The molecular weight excluding hydrogens is 428 g/mol. The number of aromatic nitrogens is 2. The van der Waals surface area contributed by atoms with Crippen LogP contribution in [0.2, 0.25) is 0 Å². The van der Waals surface area contributed by atoms with Gasteiger partial charge in [0, 0.05) is 38.6 Å². The molecule has 1 aromatic heterocycles. The molecule has 1 aromatic carbocycles. The Bertz CT molecular complexity index is 1070. The van der Waals surface area contributed by atoms with Crippen molar-refractivity contribution >= 4 is 27.4 Å². The Morgan fingerprint density at radius 1 is 1.12 bits per heavy atom. The van der Waals surface area contributed by atoms with Gasteiger partial charge in [0.2, 0.25) is 15.9 Å². The molecule has 0 radical (unpaired) electrons. The summed E-state index contributed by atoms with van der Waals surface area (Å²) >= 11 is 0. The minimum Gasteiger partial charge on any atom is -0.351 e. The van der Waals surface area contributed by atoms with Crippen LogP contribution in [0.3, 0.4) is 0 Å². The summed E-state index contributed by atoms with van der Waals surface area (Å²) in [5, 5.41) is 9.23. The Hall–Kier alpha value is -3.19. The van der Waals surface area contributed by atoms with Crippen LogP contribution in [0, 0.1) is 11.3 Å². The summed E-state index contributed by atoms with van der Waals surface area (Å²) in [4.78, 5) is 24.8. The van der Waals surface area contributed by atoms with Crippen molar-refractivity contribution in [3.63, 3.8) is 0 Å². The molecule has 1 saturated heterocycles. The Morgan fingerprint density at radius 3 is 2.38 bits per heavy atom. The van der Waals surface area contributed by atoms with Crippen molar-refractivity contribution in [1.82, 2.24) is 14.9 Å². The monoisotopic (exact) mass is 456 g/mol. The summed E-state index contributed by atoms with van der Waals surface area (Å²) in [5.74, 6) is 0.243. The molecular formula is C22H28N6O3S. The number of carbonyl (C=O) groups excluding carboxylic acids is 1. The molecule has 32 heavy (non-hydrogen) atoms. The normalized spacial score (nSPS) is 14.2. The van der Waals surface area contributed by atoms with Crippen LogP contribution in [0.4, 0.5) is 11.5 Å². The number of carbonyl (C=O) groups is 1. The topological polar surface area (TPSA) is 110 Å². The first kappa shape index (κ1) is 23.5. The first-order valence-electron chi connectivity index (χ1n) is 10.6. The van der Waals surface area contributed by atoms with Gasteiger partial charge in [0.1, 0.15) is 12.6 Å². The summed E-state index contributed by atoms with van der Waals surface area (Å²) in [7, 11) is -3.62. The van der Waals surface area contributed by atoms with E-state index in [0.29, 0.717) is 37.7 Å². The number of anilines is 2. The highest BCUT2D eigenvalue weighted by Crippen LogP contribution is 2.21. The van der Waals surface area contributed by atoms with Crippen molar-refractivity contribution in [2.24, 2.45) is 0 Å². The lowest BCUT2D eigenvalue weighted by molar-refractivity contribution is -0.129.